The summed E-state index contributed by atoms with van der Waals surface area (Å²) in [6.07, 6.45) is 0.643. The summed E-state index contributed by atoms with van der Waals surface area (Å²) in [5.41, 5.74) is -3.06. The van der Waals surface area contributed by atoms with Gasteiger partial charge in [-0.25, -0.2) is 0 Å². The Morgan fingerprint density at radius 1 is 0.739 bits per heavy atom. The van der Waals surface area contributed by atoms with Crippen molar-refractivity contribution in [3.05, 3.63) is 98.0 Å². The van der Waals surface area contributed by atoms with Crippen LogP contribution in [0.4, 0.5) is 35.1 Å². The van der Waals surface area contributed by atoms with Gasteiger partial charge < -0.3 is 0 Å². The van der Waals surface area contributed by atoms with Crippen LogP contribution < -0.4 is 21.2 Å². The predicted molar refractivity (Wildman–Crippen MR) is 193 cm³/mol. The molecule has 2 unspecified atom stereocenters. The zero-order chi connectivity index (χ0) is 33.6. The normalized spacial score (nSPS) is 19.7. The third-order valence-electron chi connectivity index (χ3n) is 8.54. The van der Waals surface area contributed by atoms with Crippen LogP contribution in [0, 0.1) is 66.8 Å². The zero-order valence-corrected chi connectivity index (χ0v) is 37.5. The topological polar surface area (TPSA) is 0 Å². The molecular formula is C31H20F8I5STe-. The first-order chi connectivity index (χ1) is 21.5. The van der Waals surface area contributed by atoms with E-state index in [0.29, 0.717) is 4.43 Å². The first-order valence-corrected chi connectivity index (χ1v) is 23.8. The second-order valence-corrected chi connectivity index (χ2v) is 23.2. The number of halogens is 13. The molecule has 2 heterocycles. The van der Waals surface area contributed by atoms with Crippen molar-refractivity contribution >= 4 is 122 Å². The van der Waals surface area contributed by atoms with Crippen molar-refractivity contribution < 1.29 is 56.3 Å². The van der Waals surface area contributed by atoms with Crippen molar-refractivity contribution in [2.45, 2.75) is 55.8 Å². The minimum absolute atomic E-state index is 0.0184. The Morgan fingerprint density at radius 3 is 1.85 bits per heavy atom. The maximum absolute atomic E-state index is 15.8. The van der Waals surface area contributed by atoms with Crippen LogP contribution in [0.1, 0.15) is 44.7 Å². The van der Waals surface area contributed by atoms with Gasteiger partial charge in [0.15, 0.2) is 0 Å². The Kier molecular flexibility index (Phi) is 11.2. The van der Waals surface area contributed by atoms with Crippen LogP contribution >= 0.6 is 102 Å². The molecule has 248 valence electrons. The van der Waals surface area contributed by atoms with E-state index in [1.54, 1.807) is 14.9 Å². The molecule has 2 atom stereocenters. The van der Waals surface area contributed by atoms with Crippen molar-refractivity contribution in [3.63, 3.8) is 0 Å². The van der Waals surface area contributed by atoms with Gasteiger partial charge in [0.25, 0.3) is 0 Å². The molecule has 0 bridgehead atoms. The number of hydrogen-bond donors (Lipinski definition) is 0. The van der Waals surface area contributed by atoms with E-state index in [0.717, 1.165) is 30.9 Å². The zero-order valence-electron chi connectivity index (χ0n) is 23.6. The van der Waals surface area contributed by atoms with Gasteiger partial charge in [-0.3, -0.25) is 0 Å². The van der Waals surface area contributed by atoms with E-state index in [4.69, 9.17) is 0 Å². The van der Waals surface area contributed by atoms with Gasteiger partial charge in [0.05, 0.1) is 0 Å². The number of benzene rings is 2. The monoisotopic (exact) mass is 1340 g/mol. The van der Waals surface area contributed by atoms with Crippen LogP contribution in [0.5, 0.6) is 0 Å². The Labute approximate surface area is 339 Å². The molecular weight excluding hydrogens is 1320 g/mol. The van der Waals surface area contributed by atoms with Gasteiger partial charge in [0.2, 0.25) is 0 Å². The van der Waals surface area contributed by atoms with E-state index in [1.165, 1.54) is 28.6 Å². The fourth-order valence-electron chi connectivity index (χ4n) is 6.30. The standard InChI is InChI=1S/C31H20F8I5STe/c1-10-5-12-6-14(30(36,37)20(12)24(34)22(10)32)15-7-13-8-16(23(33)25(35)21(13)31(15,38)39)44-9-18-28(42)27(41)17(45-18)3-4-19-29(43)26(40)11(2)46-19/h5,8,14-15H,3-4,6-7,9H2,1-2H3/q-1. The van der Waals surface area contributed by atoms with Gasteiger partial charge >= 0.3 is 344 Å². The molecule has 15 heteroatoms. The molecule has 0 N–H and O–H groups in total. The van der Waals surface area contributed by atoms with Crippen molar-refractivity contribution in [1.82, 2.24) is 0 Å². The van der Waals surface area contributed by atoms with Crippen LogP contribution in [0.15, 0.2) is 12.1 Å². The Morgan fingerprint density at radius 2 is 1.28 bits per heavy atom. The summed E-state index contributed by atoms with van der Waals surface area (Å²) in [4.78, 5) is 2.28. The number of fused-ring (bicyclic) bond motifs is 2. The fourth-order valence-corrected chi connectivity index (χ4v) is 19.6. The number of alkyl halides is 5. The Balaban J connectivity index is 1.23. The molecule has 2 aromatic carbocycles. The molecule has 0 radical (unpaired) electrons. The molecule has 46 heavy (non-hydrogen) atoms. The van der Waals surface area contributed by atoms with E-state index in [-0.39, 0.29) is 40.7 Å². The van der Waals surface area contributed by atoms with Gasteiger partial charge in [-0.2, -0.15) is 0 Å². The summed E-state index contributed by atoms with van der Waals surface area (Å²) >= 11 is 9.58. The first kappa shape index (κ1) is 37.3. The molecule has 4 aromatic rings. The molecule has 2 aliphatic rings. The number of thiophene rings is 1. The summed E-state index contributed by atoms with van der Waals surface area (Å²) in [6, 6.07) is 2.28. The number of rotatable bonds is 7. The van der Waals surface area contributed by atoms with Gasteiger partial charge in [-0.15, -0.1) is 0 Å². The molecule has 0 nitrogen and oxygen atoms in total. The van der Waals surface area contributed by atoms with Crippen molar-refractivity contribution in [2.24, 2.45) is 11.8 Å². The van der Waals surface area contributed by atoms with Crippen LogP contribution in [0.3, 0.4) is 0 Å². The summed E-state index contributed by atoms with van der Waals surface area (Å²) in [6.45, 7) is 3.41. The van der Waals surface area contributed by atoms with E-state index < -0.39 is 92.1 Å². The quantitative estimate of drug-likeness (QED) is 0.0582. The third-order valence-corrected chi connectivity index (χ3v) is 26.4. The number of hydrogen-bond acceptors (Lipinski definition) is 1. The van der Waals surface area contributed by atoms with Gasteiger partial charge in [0, 0.05) is 0 Å². The minimum atomic E-state index is -4.12. The second kappa shape index (κ2) is 13.8. The summed E-state index contributed by atoms with van der Waals surface area (Å²) in [7, 11) is 0. The van der Waals surface area contributed by atoms with Crippen LogP contribution in [-0.4, -0.2) is 20.4 Å². The van der Waals surface area contributed by atoms with Gasteiger partial charge in [-0.05, 0) is 0 Å². The van der Waals surface area contributed by atoms with E-state index in [9.17, 15) is 8.78 Å². The number of aryl methyl sites for hydroxylation is 4. The fraction of sp³-hybridized carbons (Fsp3) is 0.355. The summed E-state index contributed by atoms with van der Waals surface area (Å²) < 4.78 is 131. The summed E-state index contributed by atoms with van der Waals surface area (Å²) in [5, 5.41) is 0. The molecule has 0 saturated carbocycles. The van der Waals surface area contributed by atoms with Crippen molar-refractivity contribution in [2.75, 3.05) is 0 Å². The Bertz CT molecular complexity index is 1900. The molecule has 0 aliphatic heterocycles. The van der Waals surface area contributed by atoms with Crippen LogP contribution in [0.25, 0.3) is 0 Å². The molecule has 2 aliphatic carbocycles. The first-order valence-electron chi connectivity index (χ1n) is 13.7. The maximum atomic E-state index is 15.8. The van der Waals surface area contributed by atoms with Crippen LogP contribution in [0.2, 0.25) is 0 Å². The van der Waals surface area contributed by atoms with E-state index in [2.05, 4.69) is 97.3 Å². The van der Waals surface area contributed by atoms with Crippen molar-refractivity contribution in [1.29, 1.82) is 0 Å². The SMILES string of the molecule is Cc1cc2c(c(F)c1F)C(F)(F)C(C1Cc3cc([I-]Cc4sc(CCc5[te]c(C)c(I)c5I)c(I)c4I)c(F)c(F)c3C1(F)F)C2. The third kappa shape index (κ3) is 6.31. The van der Waals surface area contributed by atoms with E-state index in [1.807, 2.05) is 0 Å². The van der Waals surface area contributed by atoms with E-state index >= 15 is 26.3 Å². The van der Waals surface area contributed by atoms with Gasteiger partial charge in [0.1, 0.15) is 0 Å². The van der Waals surface area contributed by atoms with Gasteiger partial charge in [-0.1, -0.05) is 0 Å². The Hall–Kier alpha value is 1.50. The molecule has 0 fully saturated rings. The summed E-state index contributed by atoms with van der Waals surface area (Å²) in [5.74, 6) is -18.7. The van der Waals surface area contributed by atoms with Crippen LogP contribution in [-0.2, 0) is 42.0 Å². The molecule has 0 amide bonds. The molecule has 6 rings (SSSR count). The van der Waals surface area contributed by atoms with Crippen molar-refractivity contribution in [3.8, 4) is 0 Å². The molecule has 2 aromatic heterocycles. The molecule has 0 spiro atoms. The predicted octanol–water partition coefficient (Wildman–Crippen LogP) is 7.87. The molecule has 0 saturated heterocycles. The average molecular weight is 1340 g/mol. The average Bonchev–Trinajstić information content (AvgIpc) is 3.60. The second-order valence-electron chi connectivity index (χ2n) is 11.3.